The second-order valence-electron chi connectivity index (χ2n) is 9.01. The Balaban J connectivity index is 1.58. The van der Waals surface area contributed by atoms with Crippen molar-refractivity contribution in [1.82, 2.24) is 4.98 Å². The maximum absolute atomic E-state index is 3.87. The third-order valence-corrected chi connectivity index (χ3v) is 8.36. The number of nitrogens with one attached hydrogen (secondary N) is 1. The Hall–Kier alpha value is -4.14. The molecule has 2 heteroatoms. The number of hydrogen-bond acceptors (Lipinski definition) is 1. The van der Waals surface area contributed by atoms with Crippen LogP contribution in [0.15, 0.2) is 109 Å². The molecule has 0 amide bonds. The van der Waals surface area contributed by atoms with E-state index in [-0.39, 0.29) is 0 Å². The van der Waals surface area contributed by atoms with E-state index in [9.17, 15) is 0 Å². The quantitative estimate of drug-likeness (QED) is 0.257. The van der Waals surface area contributed by atoms with Gasteiger partial charge in [0.25, 0.3) is 0 Å². The maximum atomic E-state index is 3.87. The van der Waals surface area contributed by atoms with E-state index in [1.807, 2.05) is 11.3 Å². The number of rotatable bonds is 1. The molecule has 0 atom stereocenters. The largest absolute Gasteiger partial charge is 0.353 e. The summed E-state index contributed by atoms with van der Waals surface area (Å²) in [5.74, 6) is 0. The van der Waals surface area contributed by atoms with Crippen LogP contribution in [0.1, 0.15) is 0 Å². The first-order valence-corrected chi connectivity index (χ1v) is 12.4. The molecular formula is C32H19NS. The van der Waals surface area contributed by atoms with Gasteiger partial charge in [0.05, 0.1) is 15.7 Å². The molecule has 2 aromatic heterocycles. The number of fused-ring (bicyclic) bond motifs is 12. The first-order valence-electron chi connectivity index (χ1n) is 11.6. The van der Waals surface area contributed by atoms with Gasteiger partial charge in [-0.2, -0.15) is 0 Å². The van der Waals surface area contributed by atoms with Gasteiger partial charge in [-0.05, 0) is 33.4 Å². The van der Waals surface area contributed by atoms with Crippen LogP contribution in [0.2, 0.25) is 0 Å². The summed E-state index contributed by atoms with van der Waals surface area (Å²) in [5.41, 5.74) is 5.01. The van der Waals surface area contributed by atoms with Crippen molar-refractivity contribution >= 4 is 74.9 Å². The Kier molecular flexibility index (Phi) is 3.60. The highest BCUT2D eigenvalue weighted by Crippen LogP contribution is 2.47. The lowest BCUT2D eigenvalue weighted by atomic mass is 9.97. The molecule has 8 rings (SSSR count). The van der Waals surface area contributed by atoms with Gasteiger partial charge in [0.1, 0.15) is 0 Å². The summed E-state index contributed by atoms with van der Waals surface area (Å²) in [6.45, 7) is 0. The molecule has 0 radical (unpaired) electrons. The molecular weight excluding hydrogens is 430 g/mol. The predicted octanol–water partition coefficient (Wildman–Crippen LogP) is 9.66. The monoisotopic (exact) mass is 449 g/mol. The van der Waals surface area contributed by atoms with Crippen LogP contribution in [-0.4, -0.2) is 4.98 Å². The third kappa shape index (κ3) is 2.38. The Labute approximate surface area is 199 Å². The molecule has 8 aromatic rings. The van der Waals surface area contributed by atoms with E-state index in [2.05, 4.69) is 114 Å². The standard InChI is InChI=1S/C32H19NS/c1-2-8-19(9-3-1)21-15-16-25-27(18-21)34-32-29(25)24-13-7-6-12-23(24)28-26-17-14-20-10-4-5-11-22(20)30(26)33-31(28)32/h1-18,33H. The summed E-state index contributed by atoms with van der Waals surface area (Å²) < 4.78 is 2.67. The maximum Gasteiger partial charge on any atom is 0.0653 e. The number of thiophene rings is 1. The Morgan fingerprint density at radius 1 is 0.471 bits per heavy atom. The number of benzene rings is 6. The van der Waals surface area contributed by atoms with E-state index in [1.54, 1.807) is 0 Å². The summed E-state index contributed by atoms with van der Waals surface area (Å²) in [6, 6.07) is 39.7. The highest BCUT2D eigenvalue weighted by atomic mass is 32.1. The van der Waals surface area contributed by atoms with Crippen LogP contribution >= 0.6 is 11.3 Å². The van der Waals surface area contributed by atoms with Crippen molar-refractivity contribution in [2.45, 2.75) is 0 Å². The smallest absolute Gasteiger partial charge is 0.0653 e. The predicted molar refractivity (Wildman–Crippen MR) is 149 cm³/mol. The summed E-state index contributed by atoms with van der Waals surface area (Å²) in [5, 5.41) is 10.5. The molecule has 0 saturated carbocycles. The molecule has 0 aliphatic heterocycles. The zero-order chi connectivity index (χ0) is 22.2. The lowest BCUT2D eigenvalue weighted by molar-refractivity contribution is 1.59. The number of aromatic amines is 1. The van der Waals surface area contributed by atoms with E-state index in [4.69, 9.17) is 0 Å². The average molecular weight is 450 g/mol. The molecule has 0 saturated heterocycles. The zero-order valence-corrected chi connectivity index (χ0v) is 19.1. The molecule has 6 aromatic carbocycles. The van der Waals surface area contributed by atoms with Crippen LogP contribution in [0.3, 0.4) is 0 Å². The molecule has 1 N–H and O–H groups in total. The summed E-state index contributed by atoms with van der Waals surface area (Å²) in [7, 11) is 0. The molecule has 158 valence electrons. The minimum Gasteiger partial charge on any atom is -0.353 e. The van der Waals surface area contributed by atoms with Crippen molar-refractivity contribution < 1.29 is 0 Å². The SMILES string of the molecule is c1ccc(-c2ccc3c(c2)sc2c4[nH]c5c6ccccc6ccc5c4c4ccccc4c32)cc1. The Morgan fingerprint density at radius 3 is 2.03 bits per heavy atom. The lowest BCUT2D eigenvalue weighted by Gasteiger charge is -2.05. The van der Waals surface area contributed by atoms with Gasteiger partial charge in [-0.1, -0.05) is 103 Å². The van der Waals surface area contributed by atoms with E-state index < -0.39 is 0 Å². The fourth-order valence-corrected chi connectivity index (χ4v) is 6.92. The van der Waals surface area contributed by atoms with Crippen LogP contribution in [0.4, 0.5) is 0 Å². The molecule has 0 aliphatic rings. The number of aromatic nitrogens is 1. The number of H-pyrrole nitrogens is 1. The van der Waals surface area contributed by atoms with Crippen LogP contribution in [-0.2, 0) is 0 Å². The van der Waals surface area contributed by atoms with Crippen molar-refractivity contribution in [1.29, 1.82) is 0 Å². The highest BCUT2D eigenvalue weighted by Gasteiger charge is 2.18. The van der Waals surface area contributed by atoms with Gasteiger partial charge in [-0.25, -0.2) is 0 Å². The minimum atomic E-state index is 1.23. The normalized spacial score (nSPS) is 12.1. The van der Waals surface area contributed by atoms with Gasteiger partial charge >= 0.3 is 0 Å². The van der Waals surface area contributed by atoms with E-state index in [1.165, 1.54) is 74.6 Å². The van der Waals surface area contributed by atoms with E-state index in [0.717, 1.165) is 0 Å². The highest BCUT2D eigenvalue weighted by molar-refractivity contribution is 7.27. The van der Waals surface area contributed by atoms with Gasteiger partial charge in [-0.15, -0.1) is 11.3 Å². The van der Waals surface area contributed by atoms with Crippen molar-refractivity contribution in [2.75, 3.05) is 0 Å². The molecule has 2 heterocycles. The van der Waals surface area contributed by atoms with Crippen LogP contribution in [0.25, 0.3) is 74.6 Å². The number of hydrogen-bond donors (Lipinski definition) is 1. The van der Waals surface area contributed by atoms with Gasteiger partial charge in [0, 0.05) is 31.6 Å². The second-order valence-corrected chi connectivity index (χ2v) is 10.1. The molecule has 34 heavy (non-hydrogen) atoms. The first-order chi connectivity index (χ1) is 16.9. The fourth-order valence-electron chi connectivity index (χ4n) is 5.66. The molecule has 1 nitrogen and oxygen atoms in total. The molecule has 0 spiro atoms. The first kappa shape index (κ1) is 18.3. The molecule has 0 bridgehead atoms. The topological polar surface area (TPSA) is 15.8 Å². The Morgan fingerprint density at radius 2 is 1.18 bits per heavy atom. The van der Waals surface area contributed by atoms with Crippen molar-refractivity contribution in [2.24, 2.45) is 0 Å². The molecule has 0 unspecified atom stereocenters. The molecule has 0 aliphatic carbocycles. The van der Waals surface area contributed by atoms with Crippen molar-refractivity contribution in [3.8, 4) is 11.1 Å². The van der Waals surface area contributed by atoms with Crippen LogP contribution in [0.5, 0.6) is 0 Å². The second kappa shape index (κ2) is 6.69. The van der Waals surface area contributed by atoms with Gasteiger partial charge in [0.15, 0.2) is 0 Å². The van der Waals surface area contributed by atoms with Crippen molar-refractivity contribution in [3.63, 3.8) is 0 Å². The van der Waals surface area contributed by atoms with Gasteiger partial charge in [-0.3, -0.25) is 0 Å². The zero-order valence-electron chi connectivity index (χ0n) is 18.3. The summed E-state index contributed by atoms with van der Waals surface area (Å²) in [6.07, 6.45) is 0. The van der Waals surface area contributed by atoms with E-state index >= 15 is 0 Å². The molecule has 0 fully saturated rings. The Bertz CT molecular complexity index is 2060. The van der Waals surface area contributed by atoms with Crippen molar-refractivity contribution in [3.05, 3.63) is 109 Å². The van der Waals surface area contributed by atoms with Crippen LogP contribution < -0.4 is 0 Å². The fraction of sp³-hybridized carbons (Fsp3) is 0. The lowest BCUT2D eigenvalue weighted by Crippen LogP contribution is -1.79. The third-order valence-electron chi connectivity index (χ3n) is 7.19. The average Bonchev–Trinajstić information content (AvgIpc) is 3.48. The van der Waals surface area contributed by atoms with E-state index in [0.29, 0.717) is 0 Å². The van der Waals surface area contributed by atoms with Crippen LogP contribution in [0, 0.1) is 0 Å². The summed E-state index contributed by atoms with van der Waals surface area (Å²) >= 11 is 1.90. The van der Waals surface area contributed by atoms with Gasteiger partial charge < -0.3 is 4.98 Å². The van der Waals surface area contributed by atoms with Gasteiger partial charge in [0.2, 0.25) is 0 Å². The summed E-state index contributed by atoms with van der Waals surface area (Å²) in [4.78, 5) is 3.87. The minimum absolute atomic E-state index is 1.23.